The largest absolute Gasteiger partial charge is 0.243 e. The Hall–Kier alpha value is -0.800. The monoisotopic (exact) mass is 140 g/mol. The highest BCUT2D eigenvalue weighted by Gasteiger charge is 1.94. The van der Waals surface area contributed by atoms with Crippen LogP contribution in [0.1, 0.15) is 0 Å². The van der Waals surface area contributed by atoms with Crippen LogP contribution in [0.5, 0.6) is 0 Å². The molecule has 52 valence electrons. The van der Waals surface area contributed by atoms with Gasteiger partial charge in [0.25, 0.3) is 0 Å². The number of hydrogen-bond donors (Lipinski definition) is 0. The molecule has 9 heavy (non-hydrogen) atoms. The molecule has 0 amide bonds. The van der Waals surface area contributed by atoms with Crippen LogP contribution < -0.4 is 0 Å². The first-order valence-corrected chi connectivity index (χ1v) is 2.08. The van der Waals surface area contributed by atoms with E-state index in [9.17, 15) is 17.6 Å². The van der Waals surface area contributed by atoms with Gasteiger partial charge in [-0.05, 0) is 0 Å². The van der Waals surface area contributed by atoms with Crippen LogP contribution in [-0.2, 0) is 0 Å². The summed E-state index contributed by atoms with van der Waals surface area (Å²) >= 11 is 0. The Labute approximate surface area is 49.5 Å². The molecule has 0 spiro atoms. The van der Waals surface area contributed by atoms with E-state index in [1.165, 1.54) is 0 Å². The predicted molar refractivity (Wildman–Crippen MR) is 25.5 cm³/mol. The fourth-order valence-electron chi connectivity index (χ4n) is 0.220. The lowest BCUT2D eigenvalue weighted by molar-refractivity contribution is 0.455. The molecule has 0 heterocycles. The van der Waals surface area contributed by atoms with E-state index >= 15 is 0 Å². The normalized spacial score (nSPS) is 14.2. The van der Waals surface area contributed by atoms with Crippen LogP contribution in [0.4, 0.5) is 17.6 Å². The quantitative estimate of drug-likeness (QED) is 0.408. The van der Waals surface area contributed by atoms with Crippen molar-refractivity contribution in [3.8, 4) is 0 Å². The minimum Gasteiger partial charge on any atom is -0.243 e. The molecular formula is C5H4F4. The standard InChI is InChI=1S/C5H4F4/c6-2-4(8)1-5(9)3-7/h1-2H,3H2. The van der Waals surface area contributed by atoms with Crippen molar-refractivity contribution in [1.82, 2.24) is 0 Å². The molecule has 0 N–H and O–H groups in total. The van der Waals surface area contributed by atoms with Gasteiger partial charge in [0.05, 0.1) is 0 Å². The summed E-state index contributed by atoms with van der Waals surface area (Å²) < 4.78 is 45.3. The SMILES string of the molecule is FC=C(F)C=C(F)CF. The van der Waals surface area contributed by atoms with Crippen molar-refractivity contribution in [1.29, 1.82) is 0 Å². The first-order valence-electron chi connectivity index (χ1n) is 2.08. The van der Waals surface area contributed by atoms with E-state index in [0.717, 1.165) is 0 Å². The van der Waals surface area contributed by atoms with Crippen LogP contribution in [0.2, 0.25) is 0 Å². The van der Waals surface area contributed by atoms with Crippen LogP contribution >= 0.6 is 0 Å². The topological polar surface area (TPSA) is 0 Å². The predicted octanol–water partition coefficient (Wildman–Crippen LogP) is 2.59. The first-order chi connectivity index (χ1) is 4.20. The van der Waals surface area contributed by atoms with Crippen LogP contribution in [0, 0.1) is 0 Å². The second kappa shape index (κ2) is 4.12. The zero-order chi connectivity index (χ0) is 7.28. The third-order valence-electron chi connectivity index (χ3n) is 0.526. The summed E-state index contributed by atoms with van der Waals surface area (Å²) in [6.45, 7) is -1.42. The highest BCUT2D eigenvalue weighted by Crippen LogP contribution is 2.05. The molecule has 0 unspecified atom stereocenters. The van der Waals surface area contributed by atoms with E-state index in [-0.39, 0.29) is 6.08 Å². The molecule has 0 aliphatic carbocycles. The lowest BCUT2D eigenvalue weighted by atomic mass is 10.4. The second-order valence-corrected chi connectivity index (χ2v) is 1.22. The Morgan fingerprint density at radius 3 is 2.22 bits per heavy atom. The molecular weight excluding hydrogens is 136 g/mol. The van der Waals surface area contributed by atoms with Crippen LogP contribution in [0.3, 0.4) is 0 Å². The maximum Gasteiger partial charge on any atom is 0.154 e. The second-order valence-electron chi connectivity index (χ2n) is 1.22. The molecule has 0 rings (SSSR count). The average Bonchev–Trinajstić information content (AvgIpc) is 1.87. The highest BCUT2D eigenvalue weighted by atomic mass is 19.2. The third-order valence-corrected chi connectivity index (χ3v) is 0.526. The van der Waals surface area contributed by atoms with Gasteiger partial charge in [-0.25, -0.2) is 17.6 Å². The lowest BCUT2D eigenvalue weighted by Crippen LogP contribution is -1.74. The van der Waals surface area contributed by atoms with Crippen molar-refractivity contribution in [2.45, 2.75) is 0 Å². The van der Waals surface area contributed by atoms with Crippen molar-refractivity contribution in [3.05, 3.63) is 24.1 Å². The lowest BCUT2D eigenvalue weighted by Gasteiger charge is -1.83. The van der Waals surface area contributed by atoms with Gasteiger partial charge in [0.2, 0.25) is 0 Å². The minimum absolute atomic E-state index is 0.139. The smallest absolute Gasteiger partial charge is 0.154 e. The van der Waals surface area contributed by atoms with Crippen molar-refractivity contribution in [3.63, 3.8) is 0 Å². The number of alkyl halides is 1. The summed E-state index contributed by atoms with van der Waals surface area (Å²) in [7, 11) is 0. The Morgan fingerprint density at radius 1 is 1.33 bits per heavy atom. The van der Waals surface area contributed by atoms with E-state index in [1.54, 1.807) is 0 Å². The fourth-order valence-corrected chi connectivity index (χ4v) is 0.220. The van der Waals surface area contributed by atoms with Gasteiger partial charge in [0.15, 0.2) is 5.83 Å². The number of hydrogen-bond acceptors (Lipinski definition) is 0. The molecule has 0 atom stereocenters. The highest BCUT2D eigenvalue weighted by molar-refractivity contribution is 5.11. The van der Waals surface area contributed by atoms with E-state index in [4.69, 9.17) is 0 Å². The summed E-state index contributed by atoms with van der Waals surface area (Å²) in [4.78, 5) is 0. The Bertz CT molecular complexity index is 136. The van der Waals surface area contributed by atoms with Gasteiger partial charge >= 0.3 is 0 Å². The minimum atomic E-state index is -1.43. The summed E-state index contributed by atoms with van der Waals surface area (Å²) in [5.74, 6) is -2.76. The summed E-state index contributed by atoms with van der Waals surface area (Å²) in [6, 6.07) is 0. The van der Waals surface area contributed by atoms with E-state index in [0.29, 0.717) is 0 Å². The number of allylic oxidation sites excluding steroid dienone is 3. The fraction of sp³-hybridized carbons (Fsp3) is 0.200. The Kier molecular flexibility index (Phi) is 3.75. The molecule has 0 aliphatic rings. The van der Waals surface area contributed by atoms with Gasteiger partial charge < -0.3 is 0 Å². The molecule has 0 aromatic carbocycles. The Morgan fingerprint density at radius 2 is 1.89 bits per heavy atom. The molecule has 0 aliphatic heterocycles. The third kappa shape index (κ3) is 3.76. The van der Waals surface area contributed by atoms with Crippen molar-refractivity contribution in [2.75, 3.05) is 6.67 Å². The molecule has 0 saturated heterocycles. The van der Waals surface area contributed by atoms with Crippen molar-refractivity contribution < 1.29 is 17.6 Å². The summed E-state index contributed by atoms with van der Waals surface area (Å²) in [5.41, 5.74) is 0. The maximum atomic E-state index is 11.6. The van der Waals surface area contributed by atoms with Crippen molar-refractivity contribution >= 4 is 0 Å². The first kappa shape index (κ1) is 8.20. The van der Waals surface area contributed by atoms with Crippen LogP contribution in [-0.4, -0.2) is 6.67 Å². The molecule has 4 heteroatoms. The van der Waals surface area contributed by atoms with Gasteiger partial charge in [0, 0.05) is 6.08 Å². The Balaban J connectivity index is 3.95. The van der Waals surface area contributed by atoms with Gasteiger partial charge in [-0.15, -0.1) is 0 Å². The molecule has 0 radical (unpaired) electrons. The zero-order valence-electron chi connectivity index (χ0n) is 4.37. The van der Waals surface area contributed by atoms with Crippen molar-refractivity contribution in [2.24, 2.45) is 0 Å². The number of rotatable bonds is 2. The van der Waals surface area contributed by atoms with Gasteiger partial charge in [-0.1, -0.05) is 0 Å². The van der Waals surface area contributed by atoms with E-state index in [1.807, 2.05) is 0 Å². The average molecular weight is 140 g/mol. The maximum absolute atomic E-state index is 11.6. The number of halogens is 4. The molecule has 0 aromatic heterocycles. The molecule has 0 fully saturated rings. The zero-order valence-corrected chi connectivity index (χ0v) is 4.37. The molecule has 0 nitrogen and oxygen atoms in total. The van der Waals surface area contributed by atoms with E-state index in [2.05, 4.69) is 0 Å². The summed E-state index contributed by atoms with van der Waals surface area (Å²) in [6.07, 6.45) is -0.310. The van der Waals surface area contributed by atoms with Gasteiger partial charge in [-0.2, -0.15) is 0 Å². The summed E-state index contributed by atoms with van der Waals surface area (Å²) in [5, 5.41) is 0. The molecule has 0 bridgehead atoms. The van der Waals surface area contributed by atoms with Crippen LogP contribution in [0.25, 0.3) is 0 Å². The molecule has 0 saturated carbocycles. The van der Waals surface area contributed by atoms with Crippen LogP contribution in [0.15, 0.2) is 24.1 Å². The molecule has 0 aromatic rings. The van der Waals surface area contributed by atoms with Gasteiger partial charge in [0.1, 0.15) is 18.8 Å². The van der Waals surface area contributed by atoms with E-state index < -0.39 is 24.7 Å². The van der Waals surface area contributed by atoms with Gasteiger partial charge in [-0.3, -0.25) is 0 Å².